The van der Waals surface area contributed by atoms with Gasteiger partial charge in [-0.3, -0.25) is 9.88 Å². The predicted octanol–water partition coefficient (Wildman–Crippen LogP) is 6.85. The molecule has 2 fully saturated rings. The van der Waals surface area contributed by atoms with E-state index in [4.69, 9.17) is 0 Å². The average molecular weight is 490 g/mol. The Morgan fingerprint density at radius 2 is 1.89 bits per heavy atom. The van der Waals surface area contributed by atoms with E-state index in [-0.39, 0.29) is 5.82 Å². The summed E-state index contributed by atoms with van der Waals surface area (Å²) in [7, 11) is 0. The van der Waals surface area contributed by atoms with Crippen molar-refractivity contribution in [3.05, 3.63) is 88.0 Å². The third kappa shape index (κ3) is 6.07. The van der Waals surface area contributed by atoms with E-state index in [2.05, 4.69) is 58.5 Å². The van der Waals surface area contributed by atoms with E-state index >= 15 is 0 Å². The summed E-state index contributed by atoms with van der Waals surface area (Å²) >= 11 is 1.78. The lowest BCUT2D eigenvalue weighted by Crippen LogP contribution is -2.49. The Kier molecular flexibility index (Phi) is 7.74. The number of nitrogens with zero attached hydrogens (tertiary/aromatic N) is 3. The van der Waals surface area contributed by atoms with Gasteiger partial charge in [-0.25, -0.2) is 4.39 Å². The van der Waals surface area contributed by atoms with E-state index in [0.29, 0.717) is 12.0 Å². The van der Waals surface area contributed by atoms with Gasteiger partial charge in [-0.1, -0.05) is 29.5 Å². The first-order chi connectivity index (χ1) is 17.0. The lowest BCUT2D eigenvalue weighted by molar-refractivity contribution is 0.0920. The fourth-order valence-electron chi connectivity index (χ4n) is 5.67. The van der Waals surface area contributed by atoms with Gasteiger partial charge in [0.25, 0.3) is 0 Å². The monoisotopic (exact) mass is 489 g/mol. The lowest BCUT2D eigenvalue weighted by atomic mass is 9.79. The molecule has 35 heavy (non-hydrogen) atoms. The van der Waals surface area contributed by atoms with Crippen LogP contribution in [0.25, 0.3) is 6.08 Å². The minimum Gasteiger partial charge on any atom is -0.375 e. The number of hydrogen-bond acceptors (Lipinski definition) is 4. The minimum absolute atomic E-state index is 0.113. The van der Waals surface area contributed by atoms with Gasteiger partial charge in [0.05, 0.1) is 0 Å². The fourth-order valence-corrected chi connectivity index (χ4v) is 6.65. The molecule has 3 heterocycles. The van der Waals surface area contributed by atoms with Crippen LogP contribution in [0.4, 0.5) is 4.39 Å². The Balaban J connectivity index is 1.08. The zero-order valence-electron chi connectivity index (χ0n) is 20.9. The molecule has 0 amide bonds. The summed E-state index contributed by atoms with van der Waals surface area (Å²) in [5, 5.41) is 2.35. The number of pyridine rings is 1. The normalized spacial score (nSPS) is 23.9. The van der Waals surface area contributed by atoms with Gasteiger partial charge in [0.15, 0.2) is 0 Å². The second-order valence-electron chi connectivity index (χ2n) is 10.2. The van der Waals surface area contributed by atoms with Crippen molar-refractivity contribution in [1.29, 1.82) is 0 Å². The van der Waals surface area contributed by atoms with Crippen LogP contribution in [0.3, 0.4) is 0 Å². The van der Waals surface area contributed by atoms with Gasteiger partial charge in [0.2, 0.25) is 0 Å². The first-order valence-corrected chi connectivity index (χ1v) is 13.8. The third-order valence-corrected chi connectivity index (χ3v) is 8.89. The van der Waals surface area contributed by atoms with Crippen molar-refractivity contribution in [3.63, 3.8) is 0 Å². The van der Waals surface area contributed by atoms with E-state index in [0.717, 1.165) is 38.3 Å². The summed E-state index contributed by atoms with van der Waals surface area (Å²) in [6.07, 6.45) is 14.6. The molecule has 1 aromatic carbocycles. The maximum atomic E-state index is 13.7. The van der Waals surface area contributed by atoms with E-state index < -0.39 is 0 Å². The number of fused-ring (bicyclic) bond motifs is 1. The maximum absolute atomic E-state index is 13.7. The van der Waals surface area contributed by atoms with Crippen LogP contribution in [0.1, 0.15) is 49.4 Å². The Morgan fingerprint density at radius 3 is 2.66 bits per heavy atom. The van der Waals surface area contributed by atoms with Gasteiger partial charge in [0, 0.05) is 49.0 Å². The molecule has 0 unspecified atom stereocenters. The molecule has 184 valence electrons. The van der Waals surface area contributed by atoms with Gasteiger partial charge >= 0.3 is 0 Å². The molecule has 1 aromatic heterocycles. The summed E-state index contributed by atoms with van der Waals surface area (Å²) < 4.78 is 13.7. The van der Waals surface area contributed by atoms with Crippen molar-refractivity contribution >= 4 is 17.8 Å². The smallest absolute Gasteiger partial charge is 0.123 e. The molecule has 0 bridgehead atoms. The Bertz CT molecular complexity index is 1120. The van der Waals surface area contributed by atoms with E-state index in [1.54, 1.807) is 23.9 Å². The molecule has 0 atom stereocenters. The highest BCUT2D eigenvalue weighted by atomic mass is 32.2. The third-order valence-electron chi connectivity index (χ3n) is 7.82. The van der Waals surface area contributed by atoms with Crippen molar-refractivity contribution in [2.75, 3.05) is 26.2 Å². The Morgan fingerprint density at radius 1 is 1.09 bits per heavy atom. The second-order valence-corrected chi connectivity index (χ2v) is 11.1. The molecule has 2 aliphatic heterocycles. The molecule has 1 saturated carbocycles. The molecular weight excluding hydrogens is 453 g/mol. The molecule has 2 aromatic rings. The molecule has 5 rings (SSSR count). The highest BCUT2D eigenvalue weighted by molar-refractivity contribution is 8.02. The number of piperazine rings is 1. The molecule has 5 heteroatoms. The zero-order chi connectivity index (χ0) is 24.2. The van der Waals surface area contributed by atoms with Crippen LogP contribution in [-0.4, -0.2) is 47.0 Å². The van der Waals surface area contributed by atoms with Gasteiger partial charge in [-0.2, -0.15) is 0 Å². The maximum Gasteiger partial charge on any atom is 0.123 e. The van der Waals surface area contributed by atoms with Gasteiger partial charge in [-0.15, -0.1) is 0 Å². The number of aromatic nitrogens is 1. The highest BCUT2D eigenvalue weighted by Gasteiger charge is 2.30. The second kappa shape index (κ2) is 11.1. The summed E-state index contributed by atoms with van der Waals surface area (Å²) in [4.78, 5) is 10.8. The molecule has 3 aliphatic rings. The number of halogens is 1. The van der Waals surface area contributed by atoms with Crippen molar-refractivity contribution < 1.29 is 4.39 Å². The van der Waals surface area contributed by atoms with E-state index in [9.17, 15) is 4.39 Å². The SMILES string of the molecule is CC(=C/c1cccnc1C)/C=C/N1CCN(C2CCC(C3=CSc4ccc(F)cc4C3)CC2)CC1. The van der Waals surface area contributed by atoms with Crippen LogP contribution in [0.15, 0.2) is 70.3 Å². The molecule has 3 nitrogen and oxygen atoms in total. The molecular formula is C30H36FN3S. The molecule has 0 N–H and O–H groups in total. The zero-order valence-corrected chi connectivity index (χ0v) is 21.7. The fraction of sp³-hybridized carbons (Fsp3) is 0.433. The predicted molar refractivity (Wildman–Crippen MR) is 145 cm³/mol. The van der Waals surface area contributed by atoms with Crippen LogP contribution in [0.2, 0.25) is 0 Å². The largest absolute Gasteiger partial charge is 0.375 e. The number of hydrogen-bond donors (Lipinski definition) is 0. The highest BCUT2D eigenvalue weighted by Crippen LogP contribution is 2.40. The van der Waals surface area contributed by atoms with Crippen molar-refractivity contribution in [2.45, 2.75) is 56.9 Å². The van der Waals surface area contributed by atoms with Crippen molar-refractivity contribution in [2.24, 2.45) is 5.92 Å². The Hall–Kier alpha value is -2.37. The molecule has 0 radical (unpaired) electrons. The van der Waals surface area contributed by atoms with Crippen molar-refractivity contribution in [1.82, 2.24) is 14.8 Å². The number of aryl methyl sites for hydroxylation is 1. The van der Waals surface area contributed by atoms with E-state index in [1.807, 2.05) is 18.3 Å². The lowest BCUT2D eigenvalue weighted by Gasteiger charge is -2.42. The average Bonchev–Trinajstić information content (AvgIpc) is 2.89. The van der Waals surface area contributed by atoms with Crippen LogP contribution >= 0.6 is 11.8 Å². The number of thioether (sulfide) groups is 1. The molecule has 0 spiro atoms. The molecule has 1 saturated heterocycles. The summed E-state index contributed by atoms with van der Waals surface area (Å²) in [6.45, 7) is 8.71. The summed E-state index contributed by atoms with van der Waals surface area (Å²) in [6, 6.07) is 10.1. The van der Waals surface area contributed by atoms with Gasteiger partial charge in [-0.05, 0) is 111 Å². The Labute approximate surface area is 213 Å². The number of benzene rings is 1. The first-order valence-electron chi connectivity index (χ1n) is 13.0. The molecule has 1 aliphatic carbocycles. The van der Waals surface area contributed by atoms with Crippen LogP contribution < -0.4 is 0 Å². The first kappa shape index (κ1) is 24.3. The standard InChI is InChI=1S/C30H36FN3S/c1-22(18-25-4-3-12-32-23(25)2)11-13-33-14-16-34(17-15-33)29-8-5-24(6-9-29)27-19-26-20-28(31)7-10-30(26)35-21-27/h3-4,7,10-13,18,20-21,24,29H,5-6,8-9,14-17,19H2,1-2H3/b13-11+,22-18-. The van der Waals surface area contributed by atoms with Crippen LogP contribution in [0, 0.1) is 18.7 Å². The topological polar surface area (TPSA) is 19.4 Å². The quantitative estimate of drug-likeness (QED) is 0.427. The van der Waals surface area contributed by atoms with Crippen LogP contribution in [0.5, 0.6) is 0 Å². The van der Waals surface area contributed by atoms with Crippen molar-refractivity contribution in [3.8, 4) is 0 Å². The van der Waals surface area contributed by atoms with Gasteiger partial charge in [0.1, 0.15) is 5.82 Å². The van der Waals surface area contributed by atoms with E-state index in [1.165, 1.54) is 52.9 Å². The summed E-state index contributed by atoms with van der Waals surface area (Å²) in [5.41, 5.74) is 6.20. The summed E-state index contributed by atoms with van der Waals surface area (Å²) in [5.74, 6) is 0.552. The number of rotatable bonds is 5. The van der Waals surface area contributed by atoms with Gasteiger partial charge < -0.3 is 4.90 Å². The minimum atomic E-state index is -0.113. The number of allylic oxidation sites excluding steroid dienone is 3. The van der Waals surface area contributed by atoms with Crippen LogP contribution in [-0.2, 0) is 6.42 Å².